The van der Waals surface area contributed by atoms with Gasteiger partial charge in [0.15, 0.2) is 0 Å². The van der Waals surface area contributed by atoms with E-state index in [2.05, 4.69) is 27.0 Å². The zero-order valence-electron chi connectivity index (χ0n) is 14.0. The molecule has 2 saturated heterocycles. The van der Waals surface area contributed by atoms with E-state index in [0.717, 1.165) is 56.2 Å². The Kier molecular flexibility index (Phi) is 4.21. The van der Waals surface area contributed by atoms with Gasteiger partial charge in [-0.3, -0.25) is 14.9 Å². The molecule has 0 amide bonds. The van der Waals surface area contributed by atoms with Crippen LogP contribution >= 0.6 is 0 Å². The molecule has 5 nitrogen and oxygen atoms in total. The maximum atomic E-state index is 6.10. The van der Waals surface area contributed by atoms with Crippen molar-refractivity contribution in [1.29, 1.82) is 0 Å². The largest absolute Gasteiger partial charge is 0.489 e. The summed E-state index contributed by atoms with van der Waals surface area (Å²) in [6.45, 7) is 5.60. The van der Waals surface area contributed by atoms with E-state index in [4.69, 9.17) is 9.47 Å². The average molecular weight is 325 g/mol. The highest BCUT2D eigenvalue weighted by molar-refractivity contribution is 5.17. The first kappa shape index (κ1) is 15.5. The first-order valence-corrected chi connectivity index (χ1v) is 8.56. The van der Waals surface area contributed by atoms with Gasteiger partial charge in [0, 0.05) is 44.4 Å². The molecule has 2 aliphatic rings. The topological polar surface area (TPSA) is 47.5 Å². The van der Waals surface area contributed by atoms with Crippen molar-refractivity contribution >= 4 is 0 Å². The molecule has 0 N–H and O–H groups in total. The van der Waals surface area contributed by atoms with Crippen LogP contribution in [0.15, 0.2) is 42.7 Å². The number of hydrogen-bond acceptors (Lipinski definition) is 5. The third-order valence-electron chi connectivity index (χ3n) is 4.74. The Morgan fingerprint density at radius 1 is 1.29 bits per heavy atom. The van der Waals surface area contributed by atoms with Crippen LogP contribution in [0.5, 0.6) is 5.75 Å². The molecular weight excluding hydrogens is 302 g/mol. The third-order valence-corrected chi connectivity index (χ3v) is 4.74. The second-order valence-corrected chi connectivity index (χ2v) is 6.87. The molecule has 1 atom stereocenters. The number of pyridine rings is 2. The molecule has 24 heavy (non-hydrogen) atoms. The Bertz CT molecular complexity index is 686. The monoisotopic (exact) mass is 325 g/mol. The Labute approximate surface area is 142 Å². The Hall–Kier alpha value is -1.98. The van der Waals surface area contributed by atoms with Crippen molar-refractivity contribution in [3.63, 3.8) is 0 Å². The smallest absolute Gasteiger partial charge is 0.138 e. The molecule has 1 spiro atoms. The lowest BCUT2D eigenvalue weighted by Crippen LogP contribution is -2.65. The van der Waals surface area contributed by atoms with E-state index in [1.54, 1.807) is 12.4 Å². The fourth-order valence-electron chi connectivity index (χ4n) is 3.71. The van der Waals surface area contributed by atoms with Crippen molar-refractivity contribution in [2.75, 3.05) is 19.7 Å². The highest BCUT2D eigenvalue weighted by Gasteiger charge is 2.48. The van der Waals surface area contributed by atoms with Crippen molar-refractivity contribution in [2.45, 2.75) is 38.0 Å². The zero-order chi connectivity index (χ0) is 16.4. The number of likely N-dealkylation sites (tertiary alicyclic amines) is 1. The lowest BCUT2D eigenvalue weighted by atomic mass is 9.84. The second-order valence-electron chi connectivity index (χ2n) is 6.87. The van der Waals surface area contributed by atoms with Crippen molar-refractivity contribution in [1.82, 2.24) is 14.9 Å². The summed E-state index contributed by atoms with van der Waals surface area (Å²) in [5, 5.41) is 0. The quantitative estimate of drug-likeness (QED) is 0.865. The minimum Gasteiger partial charge on any atom is -0.489 e. The number of aromatic nitrogens is 2. The molecular formula is C19H23N3O2. The summed E-state index contributed by atoms with van der Waals surface area (Å²) in [7, 11) is 0. The van der Waals surface area contributed by atoms with Gasteiger partial charge in [0.05, 0.1) is 24.1 Å². The number of ether oxygens (including phenoxy) is 2. The van der Waals surface area contributed by atoms with Crippen LogP contribution in [-0.4, -0.2) is 46.3 Å². The summed E-state index contributed by atoms with van der Waals surface area (Å²) in [6.07, 6.45) is 5.64. The van der Waals surface area contributed by atoms with Gasteiger partial charge in [0.2, 0.25) is 0 Å². The summed E-state index contributed by atoms with van der Waals surface area (Å²) in [5.41, 5.74) is 2.15. The van der Waals surface area contributed by atoms with Crippen LogP contribution in [0.3, 0.4) is 0 Å². The molecule has 2 fully saturated rings. The fourth-order valence-corrected chi connectivity index (χ4v) is 3.71. The van der Waals surface area contributed by atoms with Crippen molar-refractivity contribution in [3.05, 3.63) is 54.1 Å². The van der Waals surface area contributed by atoms with E-state index in [9.17, 15) is 0 Å². The molecule has 0 unspecified atom stereocenters. The minimum absolute atomic E-state index is 0.0467. The van der Waals surface area contributed by atoms with Gasteiger partial charge in [-0.15, -0.1) is 0 Å². The molecule has 4 heterocycles. The van der Waals surface area contributed by atoms with Crippen LogP contribution in [-0.2, 0) is 11.3 Å². The highest BCUT2D eigenvalue weighted by Crippen LogP contribution is 2.36. The minimum atomic E-state index is -0.0467. The van der Waals surface area contributed by atoms with Crippen LogP contribution < -0.4 is 4.74 Å². The molecule has 0 radical (unpaired) electrons. The Morgan fingerprint density at radius 2 is 2.21 bits per heavy atom. The summed E-state index contributed by atoms with van der Waals surface area (Å²) < 4.78 is 12.2. The maximum absolute atomic E-state index is 6.10. The summed E-state index contributed by atoms with van der Waals surface area (Å²) in [5.74, 6) is 0.847. The molecule has 4 rings (SSSR count). The summed E-state index contributed by atoms with van der Waals surface area (Å²) in [4.78, 5) is 11.1. The van der Waals surface area contributed by atoms with Crippen molar-refractivity contribution in [2.24, 2.45) is 0 Å². The van der Waals surface area contributed by atoms with Crippen LogP contribution in [0.25, 0.3) is 0 Å². The lowest BCUT2D eigenvalue weighted by Gasteiger charge is -2.53. The number of aryl methyl sites for hydroxylation is 1. The van der Waals surface area contributed by atoms with Crippen LogP contribution in [0, 0.1) is 6.92 Å². The van der Waals surface area contributed by atoms with Crippen LogP contribution in [0.1, 0.15) is 24.2 Å². The highest BCUT2D eigenvalue weighted by atomic mass is 16.5. The Balaban J connectivity index is 1.32. The Morgan fingerprint density at radius 3 is 3.00 bits per heavy atom. The maximum Gasteiger partial charge on any atom is 0.138 e. The summed E-state index contributed by atoms with van der Waals surface area (Å²) in [6, 6.07) is 10.1. The van der Waals surface area contributed by atoms with Crippen LogP contribution in [0.2, 0.25) is 0 Å². The van der Waals surface area contributed by atoms with E-state index in [1.165, 1.54) is 0 Å². The van der Waals surface area contributed by atoms with E-state index in [0.29, 0.717) is 0 Å². The number of hydrogen-bond donors (Lipinski definition) is 0. The lowest BCUT2D eigenvalue weighted by molar-refractivity contribution is -0.188. The number of rotatable bonds is 4. The predicted molar refractivity (Wildman–Crippen MR) is 90.8 cm³/mol. The third kappa shape index (κ3) is 3.42. The number of nitrogens with zero attached hydrogens (tertiary/aromatic N) is 3. The normalized spacial score (nSPS) is 23.0. The van der Waals surface area contributed by atoms with E-state index >= 15 is 0 Å². The molecule has 0 aromatic carbocycles. The van der Waals surface area contributed by atoms with Gasteiger partial charge >= 0.3 is 0 Å². The first-order chi connectivity index (χ1) is 11.7. The molecule has 2 aromatic heterocycles. The molecule has 2 aromatic rings. The fraction of sp³-hybridized carbons (Fsp3) is 0.474. The van der Waals surface area contributed by atoms with E-state index < -0.39 is 0 Å². The van der Waals surface area contributed by atoms with Gasteiger partial charge in [-0.2, -0.15) is 0 Å². The molecule has 126 valence electrons. The van der Waals surface area contributed by atoms with Gasteiger partial charge in [-0.25, -0.2) is 0 Å². The van der Waals surface area contributed by atoms with Gasteiger partial charge in [-0.05, 0) is 31.2 Å². The van der Waals surface area contributed by atoms with E-state index in [-0.39, 0.29) is 11.7 Å². The second kappa shape index (κ2) is 6.49. The van der Waals surface area contributed by atoms with Crippen molar-refractivity contribution < 1.29 is 9.47 Å². The molecule has 2 aliphatic heterocycles. The molecule has 0 saturated carbocycles. The van der Waals surface area contributed by atoms with Gasteiger partial charge in [0.25, 0.3) is 0 Å². The molecule has 5 heteroatoms. The average Bonchev–Trinajstić information content (AvgIpc) is 2.55. The van der Waals surface area contributed by atoms with E-state index in [1.807, 2.05) is 25.1 Å². The van der Waals surface area contributed by atoms with Gasteiger partial charge in [0.1, 0.15) is 11.9 Å². The zero-order valence-corrected chi connectivity index (χ0v) is 14.0. The SMILES string of the molecule is Cc1cccc(CN2CC3(C[C@H](Oc4cccnc4)CCO3)C2)n1. The van der Waals surface area contributed by atoms with Gasteiger partial charge in [-0.1, -0.05) is 6.07 Å². The van der Waals surface area contributed by atoms with Gasteiger partial charge < -0.3 is 9.47 Å². The van der Waals surface area contributed by atoms with Crippen molar-refractivity contribution in [3.8, 4) is 5.75 Å². The first-order valence-electron chi connectivity index (χ1n) is 8.56. The molecule has 0 bridgehead atoms. The molecule has 0 aliphatic carbocycles. The summed E-state index contributed by atoms with van der Waals surface area (Å²) >= 11 is 0. The predicted octanol–water partition coefficient (Wildman–Crippen LogP) is 2.60. The van der Waals surface area contributed by atoms with Crippen LogP contribution in [0.4, 0.5) is 0 Å². The standard InChI is InChI=1S/C19H23N3O2/c1-15-4-2-5-16(21-15)12-22-13-19(14-22)10-17(7-9-23-19)24-18-6-3-8-20-11-18/h2-6,8,11,17H,7,9-10,12-14H2,1H3/t17-/m1/s1.